The molecule has 1 atom stereocenters. The van der Waals surface area contributed by atoms with Crippen LogP contribution in [-0.4, -0.2) is 12.0 Å². The van der Waals surface area contributed by atoms with Gasteiger partial charge in [-0.3, -0.25) is 4.98 Å². The van der Waals surface area contributed by atoms with Crippen LogP contribution in [0, 0.1) is 13.8 Å². The Balaban J connectivity index is 2.54. The van der Waals surface area contributed by atoms with Crippen molar-refractivity contribution in [2.75, 3.05) is 7.05 Å². The van der Waals surface area contributed by atoms with Crippen LogP contribution in [0.3, 0.4) is 0 Å². The number of pyridine rings is 1. The minimum atomic E-state index is -4.40. The summed E-state index contributed by atoms with van der Waals surface area (Å²) in [6, 6.07) is 6.13. The first-order chi connectivity index (χ1) is 9.84. The van der Waals surface area contributed by atoms with Crippen molar-refractivity contribution in [1.29, 1.82) is 0 Å². The van der Waals surface area contributed by atoms with E-state index in [9.17, 15) is 13.2 Å². The van der Waals surface area contributed by atoms with Crippen molar-refractivity contribution in [3.8, 4) is 0 Å². The van der Waals surface area contributed by atoms with E-state index in [1.54, 1.807) is 7.05 Å². The number of aromatic nitrogens is 1. The molecule has 2 nitrogen and oxygen atoms in total. The summed E-state index contributed by atoms with van der Waals surface area (Å²) in [5.41, 5.74) is 2.42. The third-order valence-corrected chi connectivity index (χ3v) is 3.62. The standard InChI is InChI=1S/C16H17F3N2/c1-10-4-5-12(8-11(10)2)15(20-3)13-9-21-7-6-14(13)16(17,18)19/h4-9,15,20H,1-3H3. The number of alkyl halides is 3. The van der Waals surface area contributed by atoms with Gasteiger partial charge in [-0.05, 0) is 43.7 Å². The normalized spacial score (nSPS) is 13.2. The van der Waals surface area contributed by atoms with Crippen molar-refractivity contribution >= 4 is 0 Å². The molecule has 0 aliphatic carbocycles. The molecular formula is C16H17F3N2. The molecule has 0 amide bonds. The topological polar surface area (TPSA) is 24.9 Å². The number of hydrogen-bond acceptors (Lipinski definition) is 2. The number of rotatable bonds is 3. The first-order valence-electron chi connectivity index (χ1n) is 6.60. The average molecular weight is 294 g/mol. The van der Waals surface area contributed by atoms with Crippen molar-refractivity contribution in [3.05, 3.63) is 64.5 Å². The Morgan fingerprint density at radius 1 is 1.10 bits per heavy atom. The maximum Gasteiger partial charge on any atom is 0.416 e. The minimum Gasteiger partial charge on any atom is -0.309 e. The fourth-order valence-electron chi connectivity index (χ4n) is 2.34. The molecule has 0 aliphatic rings. The molecule has 2 aromatic rings. The van der Waals surface area contributed by atoms with E-state index in [0.717, 1.165) is 22.8 Å². The molecule has 21 heavy (non-hydrogen) atoms. The van der Waals surface area contributed by atoms with Gasteiger partial charge in [0.1, 0.15) is 0 Å². The quantitative estimate of drug-likeness (QED) is 0.924. The molecule has 0 fully saturated rings. The summed E-state index contributed by atoms with van der Waals surface area (Å²) in [6.45, 7) is 3.91. The number of halogens is 3. The van der Waals surface area contributed by atoms with E-state index in [4.69, 9.17) is 0 Å². The molecule has 1 N–H and O–H groups in total. The summed E-state index contributed by atoms with van der Waals surface area (Å²) in [6.07, 6.45) is -1.95. The predicted octanol–water partition coefficient (Wildman–Crippen LogP) is 4.03. The van der Waals surface area contributed by atoms with Crippen LogP contribution >= 0.6 is 0 Å². The SMILES string of the molecule is CNC(c1ccc(C)c(C)c1)c1cnccc1C(F)(F)F. The van der Waals surface area contributed by atoms with Gasteiger partial charge in [-0.25, -0.2) is 0 Å². The van der Waals surface area contributed by atoms with Crippen molar-refractivity contribution < 1.29 is 13.2 Å². The first-order valence-corrected chi connectivity index (χ1v) is 6.60. The van der Waals surface area contributed by atoms with Gasteiger partial charge >= 0.3 is 6.18 Å². The lowest BCUT2D eigenvalue weighted by Gasteiger charge is -2.22. The van der Waals surface area contributed by atoms with E-state index in [1.165, 1.54) is 12.4 Å². The highest BCUT2D eigenvalue weighted by molar-refractivity contribution is 5.40. The first kappa shape index (κ1) is 15.5. The molecule has 0 aliphatic heterocycles. The van der Waals surface area contributed by atoms with Gasteiger partial charge < -0.3 is 5.32 Å². The zero-order chi connectivity index (χ0) is 15.6. The minimum absolute atomic E-state index is 0.135. The molecule has 0 bridgehead atoms. The average Bonchev–Trinajstić information content (AvgIpc) is 2.43. The van der Waals surface area contributed by atoms with Crippen LogP contribution in [0.25, 0.3) is 0 Å². The predicted molar refractivity (Wildman–Crippen MR) is 76.1 cm³/mol. The van der Waals surface area contributed by atoms with Gasteiger partial charge in [-0.1, -0.05) is 18.2 Å². The largest absolute Gasteiger partial charge is 0.416 e. The van der Waals surface area contributed by atoms with Gasteiger partial charge in [0.25, 0.3) is 0 Å². The van der Waals surface area contributed by atoms with Crippen LogP contribution < -0.4 is 5.32 Å². The van der Waals surface area contributed by atoms with Gasteiger partial charge in [0.2, 0.25) is 0 Å². The Bertz CT molecular complexity index is 636. The molecule has 0 saturated carbocycles. The highest BCUT2D eigenvalue weighted by atomic mass is 19.4. The summed E-state index contributed by atoms with van der Waals surface area (Å²) >= 11 is 0. The van der Waals surface area contributed by atoms with E-state index in [1.807, 2.05) is 32.0 Å². The van der Waals surface area contributed by atoms with E-state index >= 15 is 0 Å². The molecule has 1 heterocycles. The Morgan fingerprint density at radius 3 is 2.38 bits per heavy atom. The summed E-state index contributed by atoms with van der Waals surface area (Å²) in [4.78, 5) is 3.85. The smallest absolute Gasteiger partial charge is 0.309 e. The van der Waals surface area contributed by atoms with Crippen molar-refractivity contribution in [3.63, 3.8) is 0 Å². The Kier molecular flexibility index (Phi) is 4.32. The van der Waals surface area contributed by atoms with E-state index < -0.39 is 17.8 Å². The molecule has 0 spiro atoms. The monoisotopic (exact) mass is 294 g/mol. The number of nitrogens with zero attached hydrogens (tertiary/aromatic N) is 1. The lowest BCUT2D eigenvalue weighted by atomic mass is 9.94. The lowest BCUT2D eigenvalue weighted by Crippen LogP contribution is -2.22. The Morgan fingerprint density at radius 2 is 1.81 bits per heavy atom. The van der Waals surface area contributed by atoms with E-state index in [-0.39, 0.29) is 5.56 Å². The van der Waals surface area contributed by atoms with Crippen molar-refractivity contribution in [2.45, 2.75) is 26.1 Å². The second-order valence-corrected chi connectivity index (χ2v) is 5.03. The molecule has 112 valence electrons. The Labute approximate surface area is 122 Å². The Hall–Kier alpha value is -1.88. The highest BCUT2D eigenvalue weighted by Crippen LogP contribution is 2.36. The molecule has 1 unspecified atom stereocenters. The highest BCUT2D eigenvalue weighted by Gasteiger charge is 2.35. The summed E-state index contributed by atoms with van der Waals surface area (Å²) in [7, 11) is 1.65. The van der Waals surface area contributed by atoms with Gasteiger partial charge in [-0.15, -0.1) is 0 Å². The third kappa shape index (κ3) is 3.24. The summed E-state index contributed by atoms with van der Waals surface area (Å²) < 4.78 is 39.4. The van der Waals surface area contributed by atoms with Crippen LogP contribution in [-0.2, 0) is 6.18 Å². The zero-order valence-electron chi connectivity index (χ0n) is 12.1. The van der Waals surface area contributed by atoms with Gasteiger partial charge in [0.05, 0.1) is 11.6 Å². The van der Waals surface area contributed by atoms with Gasteiger partial charge in [0, 0.05) is 18.0 Å². The maximum atomic E-state index is 13.1. The molecule has 2 rings (SSSR count). The lowest BCUT2D eigenvalue weighted by molar-refractivity contribution is -0.138. The van der Waals surface area contributed by atoms with Crippen LogP contribution in [0.4, 0.5) is 13.2 Å². The van der Waals surface area contributed by atoms with E-state index in [2.05, 4.69) is 10.3 Å². The van der Waals surface area contributed by atoms with E-state index in [0.29, 0.717) is 0 Å². The second-order valence-electron chi connectivity index (χ2n) is 5.03. The fourth-order valence-corrected chi connectivity index (χ4v) is 2.34. The number of nitrogens with one attached hydrogen (secondary N) is 1. The molecule has 5 heteroatoms. The maximum absolute atomic E-state index is 13.1. The van der Waals surface area contributed by atoms with Crippen molar-refractivity contribution in [2.24, 2.45) is 0 Å². The molecule has 1 aromatic heterocycles. The molecular weight excluding hydrogens is 277 g/mol. The summed E-state index contributed by atoms with van der Waals surface area (Å²) in [5.74, 6) is 0. The summed E-state index contributed by atoms with van der Waals surface area (Å²) in [5, 5.41) is 2.95. The number of hydrogen-bond donors (Lipinski definition) is 1. The van der Waals surface area contributed by atoms with Gasteiger partial charge in [-0.2, -0.15) is 13.2 Å². The third-order valence-electron chi connectivity index (χ3n) is 3.62. The van der Waals surface area contributed by atoms with Crippen LogP contribution in [0.5, 0.6) is 0 Å². The number of benzene rings is 1. The van der Waals surface area contributed by atoms with Crippen LogP contribution in [0.1, 0.15) is 33.9 Å². The molecule has 0 radical (unpaired) electrons. The van der Waals surface area contributed by atoms with Crippen LogP contribution in [0.2, 0.25) is 0 Å². The number of aryl methyl sites for hydroxylation is 2. The fraction of sp³-hybridized carbons (Fsp3) is 0.312. The second kappa shape index (κ2) is 5.85. The molecule has 1 aromatic carbocycles. The zero-order valence-corrected chi connectivity index (χ0v) is 12.1. The van der Waals surface area contributed by atoms with Gasteiger partial charge in [0.15, 0.2) is 0 Å². The van der Waals surface area contributed by atoms with Crippen molar-refractivity contribution in [1.82, 2.24) is 10.3 Å². The van der Waals surface area contributed by atoms with Crippen LogP contribution in [0.15, 0.2) is 36.7 Å². The molecule has 0 saturated heterocycles.